The van der Waals surface area contributed by atoms with Gasteiger partial charge in [-0.15, -0.1) is 0 Å². The van der Waals surface area contributed by atoms with Gasteiger partial charge in [0.2, 0.25) is 0 Å². The number of hydrogen-bond donors (Lipinski definition) is 0. The van der Waals surface area contributed by atoms with Crippen molar-refractivity contribution in [3.63, 3.8) is 0 Å². The minimum atomic E-state index is -1.39. The minimum absolute atomic E-state index is 1.22. The maximum Gasteiger partial charge on any atom is 0.153 e. The molecule has 1 atom stereocenters. The van der Waals surface area contributed by atoms with Crippen molar-refractivity contribution in [2.24, 2.45) is 0 Å². The predicted octanol–water partition coefficient (Wildman–Crippen LogP) is 5.43. The quantitative estimate of drug-likeness (QED) is 0.427. The van der Waals surface area contributed by atoms with Crippen LogP contribution < -0.4 is 0 Å². The molecule has 0 aromatic rings. The Kier molecular flexibility index (Phi) is 7.04. The van der Waals surface area contributed by atoms with E-state index in [9.17, 15) is 0 Å². The van der Waals surface area contributed by atoms with Crippen LogP contribution in [0.1, 0.15) is 26.2 Å². The molecule has 4 heteroatoms. The van der Waals surface area contributed by atoms with Crippen molar-refractivity contribution < 1.29 is 0 Å². The van der Waals surface area contributed by atoms with Crippen molar-refractivity contribution in [3.05, 3.63) is 0 Å². The predicted molar refractivity (Wildman–Crippen MR) is 74.8 cm³/mol. The topological polar surface area (TPSA) is 0 Å². The summed E-state index contributed by atoms with van der Waals surface area (Å²) in [6, 6.07) is 3.74. The lowest BCUT2D eigenvalue weighted by Crippen LogP contribution is -2.23. The van der Waals surface area contributed by atoms with Gasteiger partial charge in [0.15, 0.2) is 7.38 Å². The maximum absolute atomic E-state index is 6.56. The van der Waals surface area contributed by atoms with Gasteiger partial charge in [-0.1, -0.05) is 45.8 Å². The average molecular weight is 271 g/mol. The van der Waals surface area contributed by atoms with Crippen molar-refractivity contribution in [2.45, 2.75) is 64.0 Å². The number of unbranched alkanes of at least 4 members (excludes halogenated alkanes) is 1. The molecule has 0 radical (unpaired) electrons. The molecule has 1 unspecified atom stereocenters. The van der Waals surface area contributed by atoms with Gasteiger partial charge >= 0.3 is 0 Å². The van der Waals surface area contributed by atoms with E-state index in [1.165, 1.54) is 37.4 Å². The highest BCUT2D eigenvalue weighted by Crippen LogP contribution is 2.28. The molecule has 0 nitrogen and oxygen atoms in total. The van der Waals surface area contributed by atoms with Gasteiger partial charge in [-0.3, -0.25) is 0 Å². The third-order valence-corrected chi connectivity index (χ3v) is 8.56. The molecule has 0 bridgehead atoms. The highest BCUT2D eigenvalue weighted by molar-refractivity contribution is 7.20. The lowest BCUT2D eigenvalue weighted by molar-refractivity contribution is 0.863. The fourth-order valence-corrected chi connectivity index (χ4v) is 6.38. The first-order valence-corrected chi connectivity index (χ1v) is 13.8. The van der Waals surface area contributed by atoms with Crippen LogP contribution in [0.4, 0.5) is 0 Å². The van der Waals surface area contributed by atoms with Crippen LogP contribution in [0.15, 0.2) is 0 Å². The van der Waals surface area contributed by atoms with E-state index < -0.39 is 14.8 Å². The third kappa shape index (κ3) is 9.56. The van der Waals surface area contributed by atoms with E-state index in [0.717, 1.165) is 0 Å². The fourth-order valence-electron chi connectivity index (χ4n) is 1.55. The summed E-state index contributed by atoms with van der Waals surface area (Å²) in [5.74, 6) is 0. The van der Waals surface area contributed by atoms with Gasteiger partial charge in [-0.05, 0) is 18.1 Å². The molecule has 0 aromatic heterocycles. The summed E-state index contributed by atoms with van der Waals surface area (Å²) in [6.45, 7) is 8.96. The summed E-state index contributed by atoms with van der Waals surface area (Å²) < 4.78 is 0. The summed E-state index contributed by atoms with van der Waals surface area (Å²) in [7, 11) is -2.74. The van der Waals surface area contributed by atoms with Gasteiger partial charge in [-0.2, -0.15) is 22.2 Å². The molecule has 0 heterocycles. The lowest BCUT2D eigenvalue weighted by atomic mass is 10.4. The highest BCUT2D eigenvalue weighted by atomic mass is 35.6. The number of halogens is 2. The Labute approximate surface area is 101 Å². The molecule has 0 aliphatic heterocycles. The first-order chi connectivity index (χ1) is 6.27. The molecule has 0 N–H and O–H groups in total. The SMILES string of the molecule is CCCC[Si](C)(Cl)CCC[Si](C)(C)Cl. The van der Waals surface area contributed by atoms with Crippen LogP contribution in [0.5, 0.6) is 0 Å². The second kappa shape index (κ2) is 6.56. The van der Waals surface area contributed by atoms with Gasteiger partial charge in [-0.25, -0.2) is 0 Å². The molecule has 14 heavy (non-hydrogen) atoms. The summed E-state index contributed by atoms with van der Waals surface area (Å²) in [6.07, 6.45) is 3.82. The molecule has 0 amide bonds. The van der Waals surface area contributed by atoms with E-state index in [1.807, 2.05) is 0 Å². The van der Waals surface area contributed by atoms with Crippen molar-refractivity contribution in [1.29, 1.82) is 0 Å². The monoisotopic (exact) mass is 270 g/mol. The van der Waals surface area contributed by atoms with Gasteiger partial charge in [0, 0.05) is 0 Å². The Bertz CT molecular complexity index is 153. The molecule has 0 aromatic carbocycles. The van der Waals surface area contributed by atoms with Crippen LogP contribution in [-0.2, 0) is 0 Å². The van der Waals surface area contributed by atoms with E-state index in [2.05, 4.69) is 26.6 Å². The molecule has 0 spiro atoms. The average Bonchev–Trinajstić information content (AvgIpc) is 1.98. The van der Waals surface area contributed by atoms with E-state index in [1.54, 1.807) is 0 Å². The van der Waals surface area contributed by atoms with Crippen molar-refractivity contribution in [3.8, 4) is 0 Å². The Morgan fingerprint density at radius 2 is 1.36 bits per heavy atom. The number of rotatable bonds is 7. The molecule has 86 valence electrons. The van der Waals surface area contributed by atoms with E-state index in [-0.39, 0.29) is 0 Å². The Morgan fingerprint density at radius 1 is 0.857 bits per heavy atom. The summed E-state index contributed by atoms with van der Waals surface area (Å²) in [5, 5.41) is 0. The van der Waals surface area contributed by atoms with E-state index >= 15 is 0 Å². The van der Waals surface area contributed by atoms with Gasteiger partial charge in [0.05, 0.1) is 0 Å². The Balaban J connectivity index is 3.65. The van der Waals surface area contributed by atoms with Crippen LogP contribution in [0.2, 0.25) is 37.8 Å². The summed E-state index contributed by atoms with van der Waals surface area (Å²) in [5.41, 5.74) is 0. The third-order valence-electron chi connectivity index (χ3n) is 2.52. The van der Waals surface area contributed by atoms with Crippen LogP contribution in [-0.4, -0.2) is 14.8 Å². The minimum Gasteiger partial charge on any atom is -0.168 e. The zero-order chi connectivity index (χ0) is 11.2. The second-order valence-corrected chi connectivity index (χ2v) is 18.7. The van der Waals surface area contributed by atoms with Crippen LogP contribution >= 0.6 is 22.2 Å². The lowest BCUT2D eigenvalue weighted by Gasteiger charge is -2.20. The van der Waals surface area contributed by atoms with Crippen LogP contribution in [0.3, 0.4) is 0 Å². The normalized spacial score (nSPS) is 16.7. The summed E-state index contributed by atoms with van der Waals surface area (Å²) in [4.78, 5) is 0. The summed E-state index contributed by atoms with van der Waals surface area (Å²) >= 11 is 12.8. The molecule has 0 rings (SSSR count). The molecule has 0 aliphatic rings. The Hall–Kier alpha value is 1.01. The van der Waals surface area contributed by atoms with Crippen LogP contribution in [0.25, 0.3) is 0 Å². The molecule has 0 aliphatic carbocycles. The first-order valence-electron chi connectivity index (χ1n) is 5.65. The first kappa shape index (κ1) is 15.0. The molecular weight excluding hydrogens is 247 g/mol. The fraction of sp³-hybridized carbons (Fsp3) is 1.00. The van der Waals surface area contributed by atoms with Gasteiger partial charge in [0.1, 0.15) is 7.38 Å². The zero-order valence-electron chi connectivity index (χ0n) is 10.00. The second-order valence-electron chi connectivity index (χ2n) is 5.09. The van der Waals surface area contributed by atoms with Gasteiger partial charge < -0.3 is 0 Å². The largest absolute Gasteiger partial charge is 0.168 e. The molecule has 0 saturated carbocycles. The standard InChI is InChI=1S/C10H24Cl2Si2/c1-5-6-9-14(4,12)10-7-8-13(2,3)11/h5-10H2,1-4H3. The zero-order valence-corrected chi connectivity index (χ0v) is 13.5. The van der Waals surface area contributed by atoms with Crippen molar-refractivity contribution in [2.75, 3.05) is 0 Å². The molecular formula is C10H24Cl2Si2. The smallest absolute Gasteiger partial charge is 0.153 e. The Morgan fingerprint density at radius 3 is 1.79 bits per heavy atom. The van der Waals surface area contributed by atoms with Crippen molar-refractivity contribution >= 4 is 36.9 Å². The van der Waals surface area contributed by atoms with E-state index in [0.29, 0.717) is 0 Å². The highest BCUT2D eigenvalue weighted by Gasteiger charge is 2.25. The van der Waals surface area contributed by atoms with Gasteiger partial charge in [0.25, 0.3) is 0 Å². The maximum atomic E-state index is 6.56. The number of hydrogen-bond acceptors (Lipinski definition) is 0. The molecule has 0 fully saturated rings. The van der Waals surface area contributed by atoms with Crippen LogP contribution in [0, 0.1) is 0 Å². The van der Waals surface area contributed by atoms with Crippen molar-refractivity contribution in [1.82, 2.24) is 0 Å². The van der Waals surface area contributed by atoms with E-state index in [4.69, 9.17) is 22.2 Å². The molecule has 0 saturated heterocycles.